The van der Waals surface area contributed by atoms with Crippen LogP contribution in [0.15, 0.2) is 59.1 Å². The molecule has 1 N–H and O–H groups in total. The average molecular weight is 401 g/mol. The molecule has 1 amide bonds. The number of hydrogen-bond donors (Lipinski definition) is 1. The number of carbonyl (C=O) groups is 1. The molecule has 1 aliphatic rings. The van der Waals surface area contributed by atoms with E-state index in [1.165, 1.54) is 5.56 Å². The van der Waals surface area contributed by atoms with Crippen molar-refractivity contribution in [2.75, 3.05) is 31.6 Å². The van der Waals surface area contributed by atoms with E-state index < -0.39 is 0 Å². The normalized spacial score (nSPS) is 15.4. The molecule has 4 nitrogen and oxygen atoms in total. The minimum Gasteiger partial charge on any atom is -0.379 e. The predicted octanol–water partition coefficient (Wildman–Crippen LogP) is 3.93. The Bertz CT molecular complexity index is 755. The van der Waals surface area contributed by atoms with Gasteiger partial charge in [0.15, 0.2) is 0 Å². The lowest BCUT2D eigenvalue weighted by atomic mass is 10.1. The monoisotopic (exact) mass is 400 g/mol. The zero-order valence-corrected chi connectivity index (χ0v) is 15.5. The fourth-order valence-corrected chi connectivity index (χ4v) is 3.14. The Morgan fingerprint density at radius 2 is 1.96 bits per heavy atom. The van der Waals surface area contributed by atoms with Crippen LogP contribution in [-0.4, -0.2) is 37.1 Å². The Kier molecular flexibility index (Phi) is 6.39. The lowest BCUT2D eigenvalue weighted by Gasteiger charge is -2.26. The molecule has 1 heterocycles. The molecule has 2 aromatic rings. The van der Waals surface area contributed by atoms with E-state index in [1.807, 2.05) is 42.5 Å². The van der Waals surface area contributed by atoms with Crippen LogP contribution < -0.4 is 5.32 Å². The summed E-state index contributed by atoms with van der Waals surface area (Å²) in [4.78, 5) is 14.5. The standard InChI is InChI=1S/C20H21BrN2O2/c21-19-7-2-1-5-17(19)8-9-20(24)22-18-6-3-4-16(14-18)15-23-10-12-25-13-11-23/h1-9,14H,10-13,15H2,(H,22,24). The highest BCUT2D eigenvalue weighted by Crippen LogP contribution is 2.17. The van der Waals surface area contributed by atoms with Crippen molar-refractivity contribution in [3.63, 3.8) is 0 Å². The van der Waals surface area contributed by atoms with E-state index in [4.69, 9.17) is 4.74 Å². The zero-order valence-electron chi connectivity index (χ0n) is 14.0. The Morgan fingerprint density at radius 1 is 1.16 bits per heavy atom. The summed E-state index contributed by atoms with van der Waals surface area (Å²) in [5, 5.41) is 2.93. The second-order valence-corrected chi connectivity index (χ2v) is 6.79. The molecule has 25 heavy (non-hydrogen) atoms. The van der Waals surface area contributed by atoms with Crippen LogP contribution in [0.4, 0.5) is 5.69 Å². The predicted molar refractivity (Wildman–Crippen MR) is 104 cm³/mol. The van der Waals surface area contributed by atoms with Crippen LogP contribution in [0.1, 0.15) is 11.1 Å². The molecule has 1 saturated heterocycles. The van der Waals surface area contributed by atoms with E-state index in [2.05, 4.69) is 32.2 Å². The number of nitrogens with one attached hydrogen (secondary N) is 1. The number of carbonyl (C=O) groups excluding carboxylic acids is 1. The van der Waals surface area contributed by atoms with Gasteiger partial charge in [-0.05, 0) is 35.4 Å². The molecule has 5 heteroatoms. The Labute approximate surface area is 156 Å². The molecular formula is C20H21BrN2O2. The number of benzene rings is 2. The highest BCUT2D eigenvalue weighted by atomic mass is 79.9. The van der Waals surface area contributed by atoms with Crippen LogP contribution >= 0.6 is 15.9 Å². The van der Waals surface area contributed by atoms with Crippen molar-refractivity contribution in [1.29, 1.82) is 0 Å². The van der Waals surface area contributed by atoms with Crippen LogP contribution in [0.25, 0.3) is 6.08 Å². The molecule has 0 spiro atoms. The third-order valence-electron chi connectivity index (χ3n) is 4.02. The third-order valence-corrected chi connectivity index (χ3v) is 4.75. The number of morpholine rings is 1. The first-order valence-electron chi connectivity index (χ1n) is 8.33. The fourth-order valence-electron chi connectivity index (χ4n) is 2.72. The van der Waals surface area contributed by atoms with Crippen LogP contribution in [0.2, 0.25) is 0 Å². The number of amides is 1. The lowest BCUT2D eigenvalue weighted by molar-refractivity contribution is -0.111. The van der Waals surface area contributed by atoms with Gasteiger partial charge in [-0.1, -0.05) is 46.3 Å². The smallest absolute Gasteiger partial charge is 0.248 e. The molecule has 0 saturated carbocycles. The molecular weight excluding hydrogens is 380 g/mol. The van der Waals surface area contributed by atoms with Gasteiger partial charge in [0.05, 0.1) is 13.2 Å². The maximum atomic E-state index is 12.2. The van der Waals surface area contributed by atoms with E-state index in [1.54, 1.807) is 12.2 Å². The number of rotatable bonds is 5. The average Bonchev–Trinajstić information content (AvgIpc) is 2.62. The van der Waals surface area contributed by atoms with Gasteiger partial charge in [0.1, 0.15) is 0 Å². The summed E-state index contributed by atoms with van der Waals surface area (Å²) in [6.07, 6.45) is 3.35. The number of ether oxygens (including phenoxy) is 1. The maximum absolute atomic E-state index is 12.2. The SMILES string of the molecule is O=C(C=Cc1ccccc1Br)Nc1cccc(CN2CCOCC2)c1. The van der Waals surface area contributed by atoms with Gasteiger partial charge >= 0.3 is 0 Å². The van der Waals surface area contributed by atoms with E-state index in [-0.39, 0.29) is 5.91 Å². The summed E-state index contributed by atoms with van der Waals surface area (Å²) < 4.78 is 6.34. The number of nitrogens with zero attached hydrogens (tertiary/aromatic N) is 1. The molecule has 0 unspecified atom stereocenters. The van der Waals surface area contributed by atoms with Gasteiger partial charge in [-0.25, -0.2) is 0 Å². The lowest BCUT2D eigenvalue weighted by Crippen LogP contribution is -2.35. The summed E-state index contributed by atoms with van der Waals surface area (Å²) in [6, 6.07) is 15.8. The van der Waals surface area contributed by atoms with Gasteiger partial charge in [-0.3, -0.25) is 9.69 Å². The minimum absolute atomic E-state index is 0.140. The largest absolute Gasteiger partial charge is 0.379 e. The van der Waals surface area contributed by atoms with E-state index >= 15 is 0 Å². The van der Waals surface area contributed by atoms with E-state index in [9.17, 15) is 4.79 Å². The first-order valence-corrected chi connectivity index (χ1v) is 9.13. The fraction of sp³-hybridized carbons (Fsp3) is 0.250. The Balaban J connectivity index is 1.59. The van der Waals surface area contributed by atoms with Gasteiger partial charge < -0.3 is 10.1 Å². The first-order chi connectivity index (χ1) is 12.2. The van der Waals surface area contributed by atoms with Crippen LogP contribution in [0, 0.1) is 0 Å². The van der Waals surface area contributed by atoms with Crippen molar-refractivity contribution in [2.24, 2.45) is 0 Å². The molecule has 0 aliphatic carbocycles. The minimum atomic E-state index is -0.140. The zero-order chi connectivity index (χ0) is 17.5. The summed E-state index contributed by atoms with van der Waals surface area (Å²) in [5.41, 5.74) is 2.97. The second kappa shape index (κ2) is 8.94. The molecule has 130 valence electrons. The second-order valence-electron chi connectivity index (χ2n) is 5.93. The Morgan fingerprint density at radius 3 is 2.76 bits per heavy atom. The topological polar surface area (TPSA) is 41.6 Å². The van der Waals surface area contributed by atoms with Crippen LogP contribution in [0.3, 0.4) is 0 Å². The maximum Gasteiger partial charge on any atom is 0.248 e. The van der Waals surface area contributed by atoms with Gasteiger partial charge in [-0.2, -0.15) is 0 Å². The molecule has 0 radical (unpaired) electrons. The van der Waals surface area contributed by atoms with E-state index in [0.29, 0.717) is 0 Å². The van der Waals surface area contributed by atoms with Crippen molar-refractivity contribution >= 4 is 33.6 Å². The molecule has 0 atom stereocenters. The summed E-state index contributed by atoms with van der Waals surface area (Å²) in [5.74, 6) is -0.140. The quantitative estimate of drug-likeness (QED) is 0.772. The number of anilines is 1. The van der Waals surface area contributed by atoms with Crippen LogP contribution in [0.5, 0.6) is 0 Å². The molecule has 0 aromatic heterocycles. The third kappa shape index (κ3) is 5.53. The van der Waals surface area contributed by atoms with Crippen molar-refractivity contribution in [1.82, 2.24) is 4.90 Å². The van der Waals surface area contributed by atoms with Crippen LogP contribution in [-0.2, 0) is 16.1 Å². The molecule has 2 aromatic carbocycles. The van der Waals surface area contributed by atoms with E-state index in [0.717, 1.165) is 48.6 Å². The van der Waals surface area contributed by atoms with Gasteiger partial charge in [-0.15, -0.1) is 0 Å². The van der Waals surface area contributed by atoms with Gasteiger partial charge in [0.2, 0.25) is 5.91 Å². The number of halogens is 1. The summed E-state index contributed by atoms with van der Waals surface area (Å²) >= 11 is 3.47. The van der Waals surface area contributed by atoms with Gasteiger partial charge in [0.25, 0.3) is 0 Å². The highest BCUT2D eigenvalue weighted by Gasteiger charge is 2.11. The molecule has 1 aliphatic heterocycles. The first kappa shape index (κ1) is 17.9. The van der Waals surface area contributed by atoms with Crippen molar-refractivity contribution in [2.45, 2.75) is 6.54 Å². The highest BCUT2D eigenvalue weighted by molar-refractivity contribution is 9.10. The number of hydrogen-bond acceptors (Lipinski definition) is 3. The Hall–Kier alpha value is -1.95. The molecule has 0 bridgehead atoms. The van der Waals surface area contributed by atoms with Crippen molar-refractivity contribution < 1.29 is 9.53 Å². The molecule has 1 fully saturated rings. The van der Waals surface area contributed by atoms with Crippen molar-refractivity contribution in [3.05, 3.63) is 70.2 Å². The summed E-state index contributed by atoms with van der Waals surface area (Å²) in [7, 11) is 0. The summed E-state index contributed by atoms with van der Waals surface area (Å²) in [6.45, 7) is 4.35. The van der Waals surface area contributed by atoms with Gasteiger partial charge in [0, 0.05) is 35.9 Å². The molecule has 3 rings (SSSR count). The van der Waals surface area contributed by atoms with Crippen molar-refractivity contribution in [3.8, 4) is 0 Å².